The van der Waals surface area contributed by atoms with E-state index in [1.54, 1.807) is 29.2 Å². The van der Waals surface area contributed by atoms with Gasteiger partial charge in [-0.3, -0.25) is 9.78 Å². The number of aryl methyl sites for hydroxylation is 1. The van der Waals surface area contributed by atoms with Gasteiger partial charge in [-0.25, -0.2) is 4.68 Å². The second-order valence-corrected chi connectivity index (χ2v) is 5.90. The van der Waals surface area contributed by atoms with E-state index < -0.39 is 0 Å². The Morgan fingerprint density at radius 2 is 1.81 bits per heavy atom. The van der Waals surface area contributed by atoms with Crippen molar-refractivity contribution < 1.29 is 4.79 Å². The molecule has 0 spiro atoms. The number of rotatable bonds is 6. The minimum Gasteiger partial charge on any atom is -0.367 e. The Bertz CT molecular complexity index is 888. The Balaban J connectivity index is 1.52. The Morgan fingerprint density at radius 1 is 1.04 bits per heavy atom. The van der Waals surface area contributed by atoms with Gasteiger partial charge >= 0.3 is 0 Å². The van der Waals surface area contributed by atoms with Crippen LogP contribution >= 0.6 is 0 Å². The first kappa shape index (κ1) is 17.5. The molecular weight excluding hydrogens is 330 g/mol. The molecule has 0 aliphatic heterocycles. The SMILES string of the molecule is Cc1nn(-c2ccc(NCCNC(=O)c3ccncc3)nn2)c(C)c1C. The smallest absolute Gasteiger partial charge is 0.251 e. The van der Waals surface area contributed by atoms with E-state index in [0.29, 0.717) is 30.3 Å². The summed E-state index contributed by atoms with van der Waals surface area (Å²) in [6, 6.07) is 7.06. The molecule has 0 aliphatic carbocycles. The van der Waals surface area contributed by atoms with Gasteiger partial charge < -0.3 is 10.6 Å². The summed E-state index contributed by atoms with van der Waals surface area (Å²) in [6.07, 6.45) is 3.18. The molecule has 8 nitrogen and oxygen atoms in total. The van der Waals surface area contributed by atoms with Crippen LogP contribution in [0.25, 0.3) is 5.82 Å². The van der Waals surface area contributed by atoms with Crippen LogP contribution in [0.2, 0.25) is 0 Å². The van der Waals surface area contributed by atoms with Crippen LogP contribution in [0.15, 0.2) is 36.7 Å². The van der Waals surface area contributed by atoms with Gasteiger partial charge in [0.2, 0.25) is 0 Å². The van der Waals surface area contributed by atoms with Gasteiger partial charge in [0.25, 0.3) is 5.91 Å². The highest BCUT2D eigenvalue weighted by Gasteiger charge is 2.10. The number of amides is 1. The van der Waals surface area contributed by atoms with Crippen LogP contribution < -0.4 is 10.6 Å². The molecular formula is C18H21N7O. The fourth-order valence-electron chi connectivity index (χ4n) is 2.45. The third-order valence-corrected chi connectivity index (χ3v) is 4.18. The summed E-state index contributed by atoms with van der Waals surface area (Å²) in [5.41, 5.74) is 3.77. The topological polar surface area (TPSA) is 97.6 Å². The van der Waals surface area contributed by atoms with Crippen LogP contribution in [0.5, 0.6) is 0 Å². The van der Waals surface area contributed by atoms with Crippen molar-refractivity contribution in [1.82, 2.24) is 30.3 Å². The zero-order chi connectivity index (χ0) is 18.5. The molecule has 0 saturated heterocycles. The van der Waals surface area contributed by atoms with Gasteiger partial charge in [0.15, 0.2) is 5.82 Å². The highest BCUT2D eigenvalue weighted by Crippen LogP contribution is 2.15. The number of pyridine rings is 1. The van der Waals surface area contributed by atoms with Crippen molar-refractivity contribution in [2.45, 2.75) is 20.8 Å². The van der Waals surface area contributed by atoms with E-state index in [9.17, 15) is 4.79 Å². The summed E-state index contributed by atoms with van der Waals surface area (Å²) in [6.45, 7) is 7.04. The molecule has 0 bridgehead atoms. The molecule has 0 saturated carbocycles. The maximum atomic E-state index is 11.9. The second kappa shape index (κ2) is 7.73. The largest absolute Gasteiger partial charge is 0.367 e. The quantitative estimate of drug-likeness (QED) is 0.658. The average molecular weight is 351 g/mol. The van der Waals surface area contributed by atoms with Crippen LogP contribution in [-0.2, 0) is 0 Å². The van der Waals surface area contributed by atoms with Crippen LogP contribution in [0.4, 0.5) is 5.82 Å². The Hall–Kier alpha value is -3.29. The van der Waals surface area contributed by atoms with Gasteiger partial charge in [-0.1, -0.05) is 0 Å². The zero-order valence-corrected chi connectivity index (χ0v) is 15.0. The van der Waals surface area contributed by atoms with Crippen molar-refractivity contribution in [1.29, 1.82) is 0 Å². The van der Waals surface area contributed by atoms with Gasteiger partial charge in [0, 0.05) is 36.7 Å². The molecule has 3 aromatic rings. The van der Waals surface area contributed by atoms with Crippen LogP contribution in [0, 0.1) is 20.8 Å². The molecule has 26 heavy (non-hydrogen) atoms. The molecule has 3 rings (SSSR count). The van der Waals surface area contributed by atoms with Crippen LogP contribution in [0.1, 0.15) is 27.3 Å². The first-order valence-corrected chi connectivity index (χ1v) is 8.35. The molecule has 1 amide bonds. The number of anilines is 1. The lowest BCUT2D eigenvalue weighted by Crippen LogP contribution is -2.28. The van der Waals surface area contributed by atoms with Crippen LogP contribution in [-0.4, -0.2) is 44.0 Å². The lowest BCUT2D eigenvalue weighted by molar-refractivity contribution is 0.0955. The van der Waals surface area contributed by atoms with Crippen molar-refractivity contribution in [2.75, 3.05) is 18.4 Å². The maximum Gasteiger partial charge on any atom is 0.251 e. The number of carbonyl (C=O) groups is 1. The lowest BCUT2D eigenvalue weighted by Gasteiger charge is -2.08. The maximum absolute atomic E-state index is 11.9. The average Bonchev–Trinajstić information content (AvgIpc) is 2.93. The summed E-state index contributed by atoms with van der Waals surface area (Å²) in [4.78, 5) is 15.8. The number of hydrogen-bond acceptors (Lipinski definition) is 6. The third-order valence-electron chi connectivity index (χ3n) is 4.18. The summed E-state index contributed by atoms with van der Waals surface area (Å²) in [5.74, 6) is 1.19. The Morgan fingerprint density at radius 3 is 2.42 bits per heavy atom. The minimum absolute atomic E-state index is 0.129. The van der Waals surface area contributed by atoms with E-state index in [-0.39, 0.29) is 5.91 Å². The fourth-order valence-corrected chi connectivity index (χ4v) is 2.45. The van der Waals surface area contributed by atoms with Crippen molar-refractivity contribution in [3.8, 4) is 5.82 Å². The first-order valence-electron chi connectivity index (χ1n) is 8.35. The number of hydrogen-bond donors (Lipinski definition) is 2. The number of aromatic nitrogens is 5. The molecule has 0 radical (unpaired) electrons. The van der Waals surface area contributed by atoms with Gasteiger partial charge in [-0.2, -0.15) is 5.10 Å². The van der Waals surface area contributed by atoms with Gasteiger partial charge in [0.1, 0.15) is 5.82 Å². The van der Waals surface area contributed by atoms with Gasteiger partial charge in [-0.15, -0.1) is 10.2 Å². The van der Waals surface area contributed by atoms with Crippen molar-refractivity contribution in [2.24, 2.45) is 0 Å². The molecule has 134 valence electrons. The molecule has 0 unspecified atom stereocenters. The number of nitrogens with zero attached hydrogens (tertiary/aromatic N) is 5. The summed E-state index contributed by atoms with van der Waals surface area (Å²) in [5, 5.41) is 18.8. The van der Waals surface area contributed by atoms with E-state index in [4.69, 9.17) is 0 Å². The summed E-state index contributed by atoms with van der Waals surface area (Å²) < 4.78 is 1.79. The monoisotopic (exact) mass is 351 g/mol. The first-order chi connectivity index (χ1) is 12.6. The Labute approximate surface area is 151 Å². The normalized spacial score (nSPS) is 10.6. The van der Waals surface area contributed by atoms with E-state index in [0.717, 1.165) is 17.0 Å². The van der Waals surface area contributed by atoms with E-state index >= 15 is 0 Å². The van der Waals surface area contributed by atoms with Crippen LogP contribution in [0.3, 0.4) is 0 Å². The standard InChI is InChI=1S/C18H21N7O/c1-12-13(2)24-25(14(12)3)17-5-4-16(22-23-17)20-10-11-21-18(26)15-6-8-19-9-7-15/h4-9H,10-11H2,1-3H3,(H,20,22)(H,21,26). The van der Waals surface area contributed by atoms with Crippen molar-refractivity contribution in [3.63, 3.8) is 0 Å². The van der Waals surface area contributed by atoms with E-state index in [1.165, 1.54) is 0 Å². The van der Waals surface area contributed by atoms with Gasteiger partial charge in [0.05, 0.1) is 5.69 Å². The predicted molar refractivity (Wildman–Crippen MR) is 98.4 cm³/mol. The number of nitrogens with one attached hydrogen (secondary N) is 2. The van der Waals surface area contributed by atoms with Gasteiger partial charge in [-0.05, 0) is 50.6 Å². The predicted octanol–water partition coefficient (Wildman–Crippen LogP) is 1.82. The van der Waals surface area contributed by atoms with Crippen molar-refractivity contribution in [3.05, 3.63) is 59.2 Å². The molecule has 0 fully saturated rings. The summed E-state index contributed by atoms with van der Waals surface area (Å²) in [7, 11) is 0. The molecule has 2 N–H and O–H groups in total. The van der Waals surface area contributed by atoms with E-state index in [2.05, 4.69) is 30.9 Å². The fraction of sp³-hybridized carbons (Fsp3) is 0.278. The highest BCUT2D eigenvalue weighted by atomic mass is 16.1. The Kier molecular flexibility index (Phi) is 5.21. The molecule has 3 heterocycles. The lowest BCUT2D eigenvalue weighted by atomic mass is 10.2. The van der Waals surface area contributed by atoms with E-state index in [1.807, 2.05) is 32.9 Å². The minimum atomic E-state index is -0.129. The zero-order valence-electron chi connectivity index (χ0n) is 15.0. The molecule has 3 aromatic heterocycles. The molecule has 0 atom stereocenters. The van der Waals surface area contributed by atoms with Crippen molar-refractivity contribution >= 4 is 11.7 Å². The molecule has 8 heteroatoms. The molecule has 0 aliphatic rings. The summed E-state index contributed by atoms with van der Waals surface area (Å²) >= 11 is 0. The highest BCUT2D eigenvalue weighted by molar-refractivity contribution is 5.93. The second-order valence-electron chi connectivity index (χ2n) is 5.90. The number of carbonyl (C=O) groups excluding carboxylic acids is 1. The molecule has 0 aromatic carbocycles. The third kappa shape index (κ3) is 3.85.